The Labute approximate surface area is 125 Å². The van der Waals surface area contributed by atoms with Crippen LogP contribution in [0.3, 0.4) is 0 Å². The van der Waals surface area contributed by atoms with Crippen LogP contribution in [-0.2, 0) is 20.5 Å². The normalized spacial score (nSPS) is 11.1. The minimum absolute atomic E-state index is 0.00357. The summed E-state index contributed by atoms with van der Waals surface area (Å²) in [5, 5.41) is 4.73. The van der Waals surface area contributed by atoms with Crippen LogP contribution in [0.15, 0.2) is 18.2 Å². The topological polar surface area (TPSA) is 67.4 Å². The maximum Gasteiger partial charge on any atom is 0.416 e. The molecule has 0 spiro atoms. The molecule has 22 heavy (non-hydrogen) atoms. The van der Waals surface area contributed by atoms with Gasteiger partial charge in [-0.1, -0.05) is 0 Å². The van der Waals surface area contributed by atoms with Crippen molar-refractivity contribution in [2.75, 3.05) is 23.8 Å². The molecule has 5 nitrogen and oxygen atoms in total. The summed E-state index contributed by atoms with van der Waals surface area (Å²) < 4.78 is 43.2. The molecule has 0 radical (unpaired) electrons. The number of hydrogen-bond acceptors (Lipinski definition) is 3. The maximum absolute atomic E-state index is 12.7. The van der Waals surface area contributed by atoms with Crippen LogP contribution in [0.2, 0.25) is 0 Å². The van der Waals surface area contributed by atoms with E-state index >= 15 is 0 Å². The minimum atomic E-state index is -4.54. The van der Waals surface area contributed by atoms with Gasteiger partial charge in [-0.3, -0.25) is 9.59 Å². The third-order valence-electron chi connectivity index (χ3n) is 2.61. The molecule has 0 saturated carbocycles. The van der Waals surface area contributed by atoms with Crippen molar-refractivity contribution in [2.45, 2.75) is 26.4 Å². The van der Waals surface area contributed by atoms with Gasteiger partial charge >= 0.3 is 6.18 Å². The first kappa shape index (κ1) is 18.0. The number of rotatable bonds is 6. The molecule has 1 aromatic carbocycles. The lowest BCUT2D eigenvalue weighted by Gasteiger charge is -2.14. The zero-order chi connectivity index (χ0) is 16.8. The van der Waals surface area contributed by atoms with E-state index in [0.717, 1.165) is 18.2 Å². The van der Waals surface area contributed by atoms with Gasteiger partial charge in [0.2, 0.25) is 11.8 Å². The van der Waals surface area contributed by atoms with Gasteiger partial charge in [0.15, 0.2) is 0 Å². The number of benzene rings is 1. The van der Waals surface area contributed by atoms with Crippen molar-refractivity contribution in [1.29, 1.82) is 0 Å². The van der Waals surface area contributed by atoms with E-state index in [4.69, 9.17) is 4.74 Å². The first-order valence-corrected chi connectivity index (χ1v) is 6.60. The van der Waals surface area contributed by atoms with E-state index in [9.17, 15) is 22.8 Å². The second kappa shape index (κ2) is 7.79. The number of carbonyl (C=O) groups excluding carboxylic acids is 2. The fourth-order valence-electron chi connectivity index (χ4n) is 1.64. The van der Waals surface area contributed by atoms with Gasteiger partial charge in [0, 0.05) is 13.5 Å². The second-order valence-electron chi connectivity index (χ2n) is 4.43. The van der Waals surface area contributed by atoms with Crippen molar-refractivity contribution in [3.05, 3.63) is 23.8 Å². The highest BCUT2D eigenvalue weighted by atomic mass is 19.4. The Morgan fingerprint density at radius 3 is 2.41 bits per heavy atom. The van der Waals surface area contributed by atoms with Crippen LogP contribution in [0.1, 0.15) is 25.8 Å². The van der Waals surface area contributed by atoms with Gasteiger partial charge < -0.3 is 15.4 Å². The number of nitrogens with one attached hydrogen (secondary N) is 2. The Kier molecular flexibility index (Phi) is 6.36. The Bertz CT molecular complexity index is 545. The highest BCUT2D eigenvalue weighted by Crippen LogP contribution is 2.34. The third-order valence-corrected chi connectivity index (χ3v) is 2.61. The summed E-state index contributed by atoms with van der Waals surface area (Å²) in [7, 11) is 0. The number of carbonyl (C=O) groups is 2. The molecule has 1 rings (SSSR count). The summed E-state index contributed by atoms with van der Waals surface area (Å²) in [6, 6.07) is 2.72. The summed E-state index contributed by atoms with van der Waals surface area (Å²) in [6.45, 7) is 3.59. The molecule has 122 valence electrons. The molecule has 1 aromatic rings. The van der Waals surface area contributed by atoms with Crippen molar-refractivity contribution in [1.82, 2.24) is 0 Å². The highest BCUT2D eigenvalue weighted by molar-refractivity contribution is 5.99. The fraction of sp³-hybridized carbons (Fsp3) is 0.429. The molecule has 8 heteroatoms. The average Bonchev–Trinajstić information content (AvgIpc) is 2.39. The van der Waals surface area contributed by atoms with Crippen molar-refractivity contribution in [2.24, 2.45) is 0 Å². The first-order valence-electron chi connectivity index (χ1n) is 6.60. The molecule has 2 N–H and O–H groups in total. The Balaban J connectivity index is 2.96. The van der Waals surface area contributed by atoms with Gasteiger partial charge in [0.1, 0.15) is 0 Å². The van der Waals surface area contributed by atoms with Gasteiger partial charge in [-0.05, 0) is 25.1 Å². The predicted molar refractivity (Wildman–Crippen MR) is 75.5 cm³/mol. The van der Waals surface area contributed by atoms with Crippen molar-refractivity contribution in [3.63, 3.8) is 0 Å². The summed E-state index contributed by atoms with van der Waals surface area (Å²) in [6.07, 6.45) is -4.54. The highest BCUT2D eigenvalue weighted by Gasteiger charge is 2.31. The Hall–Kier alpha value is -2.09. The van der Waals surface area contributed by atoms with E-state index in [2.05, 4.69) is 10.6 Å². The van der Waals surface area contributed by atoms with E-state index in [1.807, 2.05) is 0 Å². The van der Waals surface area contributed by atoms with Crippen molar-refractivity contribution < 1.29 is 27.5 Å². The van der Waals surface area contributed by atoms with Crippen LogP contribution in [0.4, 0.5) is 24.5 Å². The van der Waals surface area contributed by atoms with E-state index in [1.54, 1.807) is 6.92 Å². The molecule has 0 unspecified atom stereocenters. The number of hydrogen-bond donors (Lipinski definition) is 2. The molecule has 2 amide bonds. The number of alkyl halides is 3. The molecular formula is C14H17F3N2O3. The lowest BCUT2D eigenvalue weighted by atomic mass is 10.1. The lowest BCUT2D eigenvalue weighted by molar-refractivity contribution is -0.137. The first-order chi connectivity index (χ1) is 10.2. The van der Waals surface area contributed by atoms with Gasteiger partial charge in [0.05, 0.1) is 30.0 Å². The average molecular weight is 318 g/mol. The van der Waals surface area contributed by atoms with Crippen LogP contribution in [0.25, 0.3) is 0 Å². The lowest BCUT2D eigenvalue weighted by Crippen LogP contribution is -2.17. The van der Waals surface area contributed by atoms with Gasteiger partial charge in [-0.15, -0.1) is 0 Å². The molecule has 0 heterocycles. The minimum Gasteiger partial charge on any atom is -0.381 e. The standard InChI is InChI=1S/C14H17F3N2O3/c1-3-22-7-6-13(21)19-12-8-10(14(15,16)17)4-5-11(12)18-9(2)20/h4-5,8H,3,6-7H2,1-2H3,(H,18,20)(H,19,21). The zero-order valence-corrected chi connectivity index (χ0v) is 12.2. The molecule has 0 saturated heterocycles. The van der Waals surface area contributed by atoms with Crippen LogP contribution in [-0.4, -0.2) is 25.0 Å². The SMILES string of the molecule is CCOCCC(=O)Nc1cc(C(F)(F)F)ccc1NC(C)=O. The summed E-state index contributed by atoms with van der Waals surface area (Å²) >= 11 is 0. The van der Waals surface area contributed by atoms with Crippen LogP contribution >= 0.6 is 0 Å². The largest absolute Gasteiger partial charge is 0.416 e. The second-order valence-corrected chi connectivity index (χ2v) is 4.43. The smallest absolute Gasteiger partial charge is 0.381 e. The predicted octanol–water partition coefficient (Wildman–Crippen LogP) is 3.03. The Morgan fingerprint density at radius 1 is 1.18 bits per heavy atom. The monoisotopic (exact) mass is 318 g/mol. The molecule has 0 fully saturated rings. The molecule has 0 aromatic heterocycles. The maximum atomic E-state index is 12.7. The summed E-state index contributed by atoms with van der Waals surface area (Å²) in [4.78, 5) is 22.8. The van der Waals surface area contributed by atoms with Crippen molar-refractivity contribution >= 4 is 23.2 Å². The van der Waals surface area contributed by atoms with Gasteiger partial charge in [-0.2, -0.15) is 13.2 Å². The molecule has 0 atom stereocenters. The Morgan fingerprint density at radius 2 is 1.86 bits per heavy atom. The molecule has 0 aliphatic carbocycles. The van der Waals surface area contributed by atoms with Gasteiger partial charge in [-0.25, -0.2) is 0 Å². The van der Waals surface area contributed by atoms with E-state index < -0.39 is 23.6 Å². The number of halogens is 3. The quantitative estimate of drug-likeness (QED) is 0.792. The third kappa shape index (κ3) is 5.72. The summed E-state index contributed by atoms with van der Waals surface area (Å²) in [5.41, 5.74) is -0.918. The number of amides is 2. The van der Waals surface area contributed by atoms with E-state index in [-0.39, 0.29) is 24.4 Å². The van der Waals surface area contributed by atoms with Crippen molar-refractivity contribution in [3.8, 4) is 0 Å². The molecule has 0 bridgehead atoms. The fourth-order valence-corrected chi connectivity index (χ4v) is 1.64. The molecule has 0 aliphatic heterocycles. The molecule has 0 aliphatic rings. The van der Waals surface area contributed by atoms with E-state index in [0.29, 0.717) is 6.61 Å². The van der Waals surface area contributed by atoms with Crippen LogP contribution < -0.4 is 10.6 Å². The zero-order valence-electron chi connectivity index (χ0n) is 12.2. The van der Waals surface area contributed by atoms with Crippen LogP contribution in [0, 0.1) is 0 Å². The van der Waals surface area contributed by atoms with E-state index in [1.165, 1.54) is 6.92 Å². The summed E-state index contributed by atoms with van der Waals surface area (Å²) in [5.74, 6) is -0.955. The number of anilines is 2. The number of ether oxygens (including phenoxy) is 1. The van der Waals surface area contributed by atoms with Gasteiger partial charge in [0.25, 0.3) is 0 Å². The van der Waals surface area contributed by atoms with Crippen LogP contribution in [0.5, 0.6) is 0 Å². The molecular weight excluding hydrogens is 301 g/mol.